The molecule has 2 aromatic rings. The summed E-state index contributed by atoms with van der Waals surface area (Å²) in [5.74, 6) is 0.0790. The number of hydrogen-bond acceptors (Lipinski definition) is 5. The molecule has 138 valence electrons. The van der Waals surface area contributed by atoms with Crippen LogP contribution in [0.25, 0.3) is 0 Å². The number of amides is 2. The minimum absolute atomic E-state index is 0. The molecule has 4 N–H and O–H groups in total. The molecule has 8 heteroatoms. The van der Waals surface area contributed by atoms with Crippen molar-refractivity contribution in [3.05, 3.63) is 59.3 Å². The molecule has 0 radical (unpaired) electrons. The number of nitrogens with zero attached hydrogens (tertiary/aromatic N) is 3. The third kappa shape index (κ3) is 4.12. The van der Waals surface area contributed by atoms with Crippen molar-refractivity contribution >= 4 is 30.0 Å². The van der Waals surface area contributed by atoms with E-state index in [0.717, 1.165) is 5.56 Å². The average Bonchev–Trinajstić information content (AvgIpc) is 2.67. The number of rotatable bonds is 4. The van der Waals surface area contributed by atoms with Crippen molar-refractivity contribution in [3.63, 3.8) is 0 Å². The molecule has 1 fully saturated rings. The fourth-order valence-electron chi connectivity index (χ4n) is 2.93. The zero-order valence-corrected chi connectivity index (χ0v) is 15.1. The Balaban J connectivity index is 0.00000243. The van der Waals surface area contributed by atoms with Crippen molar-refractivity contribution in [3.8, 4) is 0 Å². The lowest BCUT2D eigenvalue weighted by atomic mass is 10.1. The van der Waals surface area contributed by atoms with Gasteiger partial charge in [0.1, 0.15) is 5.82 Å². The van der Waals surface area contributed by atoms with E-state index in [1.54, 1.807) is 35.4 Å². The molecule has 2 amide bonds. The summed E-state index contributed by atoms with van der Waals surface area (Å²) >= 11 is 0. The van der Waals surface area contributed by atoms with Crippen LogP contribution >= 0.6 is 12.4 Å². The molecule has 3 rings (SSSR count). The minimum Gasteiger partial charge on any atom is -0.365 e. The molecule has 0 spiro atoms. The van der Waals surface area contributed by atoms with Gasteiger partial charge in [-0.05, 0) is 29.8 Å². The second-order valence-corrected chi connectivity index (χ2v) is 5.92. The predicted octanol–water partition coefficient (Wildman–Crippen LogP) is 1.02. The number of nitrogens with two attached hydrogens (primary N) is 2. The quantitative estimate of drug-likeness (QED) is 0.830. The Morgan fingerprint density at radius 2 is 1.69 bits per heavy atom. The van der Waals surface area contributed by atoms with Gasteiger partial charge >= 0.3 is 0 Å². The number of pyridine rings is 1. The van der Waals surface area contributed by atoms with Crippen LogP contribution < -0.4 is 16.4 Å². The van der Waals surface area contributed by atoms with E-state index in [4.69, 9.17) is 11.5 Å². The van der Waals surface area contributed by atoms with Gasteiger partial charge in [-0.1, -0.05) is 12.1 Å². The first-order chi connectivity index (χ1) is 12.1. The Bertz CT molecular complexity index is 773. The first kappa shape index (κ1) is 19.7. The van der Waals surface area contributed by atoms with E-state index in [1.807, 2.05) is 17.0 Å². The maximum atomic E-state index is 12.6. The molecule has 0 bridgehead atoms. The van der Waals surface area contributed by atoms with E-state index in [-0.39, 0.29) is 18.3 Å². The van der Waals surface area contributed by atoms with Crippen LogP contribution in [0.5, 0.6) is 0 Å². The number of primary amides is 1. The summed E-state index contributed by atoms with van der Waals surface area (Å²) in [7, 11) is 0. The second-order valence-electron chi connectivity index (χ2n) is 5.92. The van der Waals surface area contributed by atoms with Gasteiger partial charge in [0.2, 0.25) is 0 Å². The van der Waals surface area contributed by atoms with Gasteiger partial charge in [-0.3, -0.25) is 9.59 Å². The average molecular weight is 376 g/mol. The Morgan fingerprint density at radius 1 is 1.04 bits per heavy atom. The van der Waals surface area contributed by atoms with Crippen molar-refractivity contribution < 1.29 is 9.59 Å². The number of halogens is 1. The van der Waals surface area contributed by atoms with Gasteiger partial charge < -0.3 is 21.3 Å². The molecule has 0 aliphatic carbocycles. The highest BCUT2D eigenvalue weighted by atomic mass is 35.5. The fraction of sp³-hybridized carbons (Fsp3) is 0.278. The summed E-state index contributed by atoms with van der Waals surface area (Å²) in [6, 6.07) is 10.7. The van der Waals surface area contributed by atoms with Gasteiger partial charge in [0, 0.05) is 44.5 Å². The summed E-state index contributed by atoms with van der Waals surface area (Å²) in [6.07, 6.45) is 1.64. The van der Waals surface area contributed by atoms with Gasteiger partial charge in [-0.15, -0.1) is 12.4 Å². The molecule has 0 unspecified atom stereocenters. The smallest absolute Gasteiger partial charge is 0.253 e. The Labute approximate surface area is 158 Å². The molecule has 0 atom stereocenters. The topological polar surface area (TPSA) is 106 Å². The van der Waals surface area contributed by atoms with Crippen LogP contribution in [-0.2, 0) is 6.54 Å². The number of carbonyl (C=O) groups is 2. The lowest BCUT2D eigenvalue weighted by Crippen LogP contribution is -2.49. The molecular formula is C18H22ClN5O2. The third-order valence-electron chi connectivity index (χ3n) is 4.36. The third-order valence-corrected chi connectivity index (χ3v) is 4.36. The van der Waals surface area contributed by atoms with Crippen LogP contribution in [0, 0.1) is 0 Å². The maximum Gasteiger partial charge on any atom is 0.253 e. The molecule has 26 heavy (non-hydrogen) atoms. The zero-order chi connectivity index (χ0) is 17.8. The highest BCUT2D eigenvalue weighted by Gasteiger charge is 2.24. The number of aromatic nitrogens is 1. The summed E-state index contributed by atoms with van der Waals surface area (Å²) in [6.45, 7) is 2.78. The highest BCUT2D eigenvalue weighted by molar-refractivity contribution is 5.98. The standard InChI is InChI=1S/C18H21N5O2.ClH/c19-12-13-3-5-14(6-4-13)18(25)23-10-8-22(9-11-23)17-15(16(20)24)2-1-7-21-17;/h1-7H,8-12,19H2,(H2,20,24);1H. The SMILES string of the molecule is Cl.NCc1ccc(C(=O)N2CCN(c3ncccc3C(N)=O)CC2)cc1. The van der Waals surface area contributed by atoms with Crippen LogP contribution in [0.2, 0.25) is 0 Å². The van der Waals surface area contributed by atoms with Crippen LogP contribution in [0.15, 0.2) is 42.6 Å². The minimum atomic E-state index is -0.499. The first-order valence-corrected chi connectivity index (χ1v) is 8.18. The molecule has 0 saturated carbocycles. The summed E-state index contributed by atoms with van der Waals surface area (Å²) in [5.41, 5.74) is 13.1. The maximum absolute atomic E-state index is 12.6. The van der Waals surface area contributed by atoms with Gasteiger partial charge in [-0.25, -0.2) is 4.98 Å². The van der Waals surface area contributed by atoms with Crippen molar-refractivity contribution in [2.45, 2.75) is 6.54 Å². The summed E-state index contributed by atoms with van der Waals surface area (Å²) < 4.78 is 0. The van der Waals surface area contributed by atoms with Gasteiger partial charge in [0.05, 0.1) is 5.56 Å². The number of hydrogen-bond donors (Lipinski definition) is 2. The summed E-state index contributed by atoms with van der Waals surface area (Å²) in [5, 5.41) is 0. The highest BCUT2D eigenvalue weighted by Crippen LogP contribution is 2.19. The van der Waals surface area contributed by atoms with E-state index in [1.165, 1.54) is 0 Å². The van der Waals surface area contributed by atoms with E-state index in [9.17, 15) is 9.59 Å². The molecule has 1 aromatic heterocycles. The predicted molar refractivity (Wildman–Crippen MR) is 102 cm³/mol. The van der Waals surface area contributed by atoms with Crippen molar-refractivity contribution in [1.29, 1.82) is 0 Å². The number of carbonyl (C=O) groups excluding carboxylic acids is 2. The Kier molecular flexibility index (Phi) is 6.54. The van der Waals surface area contributed by atoms with E-state index < -0.39 is 5.91 Å². The molecule has 1 aromatic carbocycles. The van der Waals surface area contributed by atoms with Crippen LogP contribution in [-0.4, -0.2) is 47.9 Å². The van der Waals surface area contributed by atoms with Gasteiger partial charge in [-0.2, -0.15) is 0 Å². The number of anilines is 1. The van der Waals surface area contributed by atoms with Gasteiger partial charge in [0.25, 0.3) is 11.8 Å². The van der Waals surface area contributed by atoms with E-state index in [2.05, 4.69) is 4.98 Å². The van der Waals surface area contributed by atoms with Crippen LogP contribution in [0.4, 0.5) is 5.82 Å². The molecule has 2 heterocycles. The molecular weight excluding hydrogens is 354 g/mol. The van der Waals surface area contributed by atoms with Crippen molar-refractivity contribution in [2.24, 2.45) is 11.5 Å². The monoisotopic (exact) mass is 375 g/mol. The normalized spacial score (nSPS) is 13.9. The van der Waals surface area contributed by atoms with Crippen LogP contribution in [0.3, 0.4) is 0 Å². The molecule has 1 aliphatic heterocycles. The largest absolute Gasteiger partial charge is 0.365 e. The zero-order valence-electron chi connectivity index (χ0n) is 14.3. The van der Waals surface area contributed by atoms with Gasteiger partial charge in [0.15, 0.2) is 0 Å². The Hall–Kier alpha value is -2.64. The molecule has 7 nitrogen and oxygen atoms in total. The summed E-state index contributed by atoms with van der Waals surface area (Å²) in [4.78, 5) is 32.2. The lowest BCUT2D eigenvalue weighted by Gasteiger charge is -2.36. The number of benzene rings is 1. The van der Waals surface area contributed by atoms with Crippen LogP contribution in [0.1, 0.15) is 26.3 Å². The molecule has 1 saturated heterocycles. The lowest BCUT2D eigenvalue weighted by molar-refractivity contribution is 0.0746. The first-order valence-electron chi connectivity index (χ1n) is 8.18. The second kappa shape index (κ2) is 8.64. The van der Waals surface area contributed by atoms with Crippen molar-refractivity contribution in [1.82, 2.24) is 9.88 Å². The molecule has 1 aliphatic rings. The number of piperazine rings is 1. The van der Waals surface area contributed by atoms with E-state index in [0.29, 0.717) is 49.7 Å². The Morgan fingerprint density at radius 3 is 2.27 bits per heavy atom. The van der Waals surface area contributed by atoms with Crippen molar-refractivity contribution in [2.75, 3.05) is 31.1 Å². The fourth-order valence-corrected chi connectivity index (χ4v) is 2.93. The van der Waals surface area contributed by atoms with E-state index >= 15 is 0 Å².